The second-order valence-corrected chi connectivity index (χ2v) is 6.58. The highest BCUT2D eigenvalue weighted by Gasteiger charge is 2.18. The Morgan fingerprint density at radius 2 is 1.88 bits per heavy atom. The smallest absolute Gasteiger partial charge is 0.172 e. The zero-order valence-electron chi connectivity index (χ0n) is 14.6. The number of aromatic nitrogens is 2. The first-order valence-electron chi connectivity index (χ1n) is 9.02. The molecule has 0 unspecified atom stereocenters. The van der Waals surface area contributed by atoms with Gasteiger partial charge in [0.05, 0.1) is 12.2 Å². The third kappa shape index (κ3) is 3.63. The Hall–Kier alpha value is -2.66. The third-order valence-corrected chi connectivity index (χ3v) is 4.80. The number of halogens is 1. The highest BCUT2D eigenvalue weighted by molar-refractivity contribution is 5.64. The minimum absolute atomic E-state index is 0.265. The molecule has 4 nitrogen and oxygen atoms in total. The van der Waals surface area contributed by atoms with Crippen LogP contribution in [0, 0.1) is 5.82 Å². The normalized spacial score (nSPS) is 15.1. The first-order chi connectivity index (χ1) is 12.8. The number of ether oxygens (including phenoxy) is 1. The molecule has 1 aliphatic heterocycles. The quantitative estimate of drug-likeness (QED) is 0.749. The molecule has 1 aliphatic rings. The van der Waals surface area contributed by atoms with Gasteiger partial charge in [0.25, 0.3) is 0 Å². The molecule has 2 aromatic carbocycles. The second kappa shape index (κ2) is 7.70. The summed E-state index contributed by atoms with van der Waals surface area (Å²) in [5.41, 5.74) is 2.32. The number of benzene rings is 2. The molecule has 0 saturated carbocycles. The fourth-order valence-corrected chi connectivity index (χ4v) is 3.33. The molecule has 3 aromatic rings. The van der Waals surface area contributed by atoms with Gasteiger partial charge in [0.1, 0.15) is 6.61 Å². The van der Waals surface area contributed by atoms with Gasteiger partial charge in [-0.25, -0.2) is 4.39 Å². The van der Waals surface area contributed by atoms with E-state index in [0.717, 1.165) is 37.1 Å². The fraction of sp³-hybridized carbons (Fsp3) is 0.286. The molecule has 0 aliphatic carbocycles. The van der Waals surface area contributed by atoms with Gasteiger partial charge >= 0.3 is 0 Å². The number of hydrogen-bond donors (Lipinski definition) is 1. The summed E-state index contributed by atoms with van der Waals surface area (Å²) in [5.74, 6) is -0.0748. The molecule has 5 heteroatoms. The summed E-state index contributed by atoms with van der Waals surface area (Å²) in [6, 6.07) is 15.4. The van der Waals surface area contributed by atoms with Crippen molar-refractivity contribution in [2.75, 3.05) is 13.1 Å². The second-order valence-electron chi connectivity index (χ2n) is 6.58. The molecule has 1 fully saturated rings. The van der Waals surface area contributed by atoms with E-state index in [9.17, 15) is 4.39 Å². The first-order valence-corrected chi connectivity index (χ1v) is 9.02. The van der Waals surface area contributed by atoms with Gasteiger partial charge in [0.2, 0.25) is 0 Å². The van der Waals surface area contributed by atoms with Gasteiger partial charge in [-0.2, -0.15) is 5.10 Å². The van der Waals surface area contributed by atoms with Crippen LogP contribution in [0.3, 0.4) is 0 Å². The molecule has 134 valence electrons. The van der Waals surface area contributed by atoms with Crippen molar-refractivity contribution in [3.8, 4) is 16.9 Å². The molecular weight excluding hydrogens is 329 g/mol. The van der Waals surface area contributed by atoms with Gasteiger partial charge in [-0.05, 0) is 37.6 Å². The summed E-state index contributed by atoms with van der Waals surface area (Å²) in [6.07, 6.45) is 5.77. The van der Waals surface area contributed by atoms with Crippen LogP contribution in [0.15, 0.2) is 60.9 Å². The Labute approximate surface area is 152 Å². The molecule has 1 saturated heterocycles. The van der Waals surface area contributed by atoms with Crippen LogP contribution in [-0.2, 0) is 6.61 Å². The van der Waals surface area contributed by atoms with Crippen molar-refractivity contribution in [3.05, 3.63) is 72.3 Å². The van der Waals surface area contributed by atoms with Gasteiger partial charge in [-0.15, -0.1) is 0 Å². The lowest BCUT2D eigenvalue weighted by atomic mass is 10.1. The van der Waals surface area contributed by atoms with Crippen LogP contribution in [-0.4, -0.2) is 22.9 Å². The Morgan fingerprint density at radius 3 is 2.69 bits per heavy atom. The van der Waals surface area contributed by atoms with E-state index in [1.165, 1.54) is 0 Å². The van der Waals surface area contributed by atoms with Gasteiger partial charge in [0, 0.05) is 17.3 Å². The standard InChI is InChI=1S/C21H22FN3O/c22-21-19(17-13-24-25(14-17)18-9-11-23-12-10-18)7-4-8-20(21)26-15-16-5-2-1-3-6-16/h1-8,13-14,18,23H,9-12,15H2. The lowest BCUT2D eigenvalue weighted by Crippen LogP contribution is -2.29. The molecule has 0 amide bonds. The average molecular weight is 351 g/mol. The summed E-state index contributed by atoms with van der Waals surface area (Å²) >= 11 is 0. The summed E-state index contributed by atoms with van der Waals surface area (Å²) < 4.78 is 22.6. The van der Waals surface area contributed by atoms with E-state index in [4.69, 9.17) is 4.74 Å². The Balaban J connectivity index is 1.53. The van der Waals surface area contributed by atoms with Crippen LogP contribution in [0.4, 0.5) is 4.39 Å². The first kappa shape index (κ1) is 16.8. The molecule has 0 bridgehead atoms. The lowest BCUT2D eigenvalue weighted by Gasteiger charge is -2.22. The molecule has 0 radical (unpaired) electrons. The van der Waals surface area contributed by atoms with Crippen LogP contribution in [0.2, 0.25) is 0 Å². The number of rotatable bonds is 5. The summed E-state index contributed by atoms with van der Waals surface area (Å²) in [6.45, 7) is 2.34. The van der Waals surface area contributed by atoms with Crippen LogP contribution in [0.5, 0.6) is 5.75 Å². The Morgan fingerprint density at radius 1 is 1.08 bits per heavy atom. The van der Waals surface area contributed by atoms with Crippen molar-refractivity contribution in [1.29, 1.82) is 0 Å². The van der Waals surface area contributed by atoms with Crippen molar-refractivity contribution < 1.29 is 9.13 Å². The van der Waals surface area contributed by atoms with E-state index in [1.807, 2.05) is 47.3 Å². The minimum atomic E-state index is -0.340. The van der Waals surface area contributed by atoms with Gasteiger partial charge in [-0.3, -0.25) is 4.68 Å². The zero-order chi connectivity index (χ0) is 17.8. The summed E-state index contributed by atoms with van der Waals surface area (Å²) in [4.78, 5) is 0. The molecule has 26 heavy (non-hydrogen) atoms. The van der Waals surface area contributed by atoms with E-state index in [0.29, 0.717) is 18.2 Å². The van der Waals surface area contributed by atoms with Crippen molar-refractivity contribution in [2.24, 2.45) is 0 Å². The monoisotopic (exact) mass is 351 g/mol. The van der Waals surface area contributed by atoms with E-state index in [2.05, 4.69) is 10.4 Å². The lowest BCUT2D eigenvalue weighted by molar-refractivity contribution is 0.291. The highest BCUT2D eigenvalue weighted by Crippen LogP contribution is 2.30. The maximum atomic E-state index is 14.9. The molecule has 1 N–H and O–H groups in total. The predicted octanol–water partition coefficient (Wildman–Crippen LogP) is 4.19. The van der Waals surface area contributed by atoms with Crippen LogP contribution >= 0.6 is 0 Å². The number of piperidine rings is 1. The summed E-state index contributed by atoms with van der Waals surface area (Å²) in [5, 5.41) is 7.81. The van der Waals surface area contributed by atoms with E-state index >= 15 is 0 Å². The van der Waals surface area contributed by atoms with Crippen LogP contribution in [0.1, 0.15) is 24.4 Å². The molecule has 0 spiro atoms. The number of hydrogen-bond acceptors (Lipinski definition) is 3. The molecule has 1 aromatic heterocycles. The van der Waals surface area contributed by atoms with Crippen molar-refractivity contribution in [2.45, 2.75) is 25.5 Å². The van der Waals surface area contributed by atoms with E-state index in [1.54, 1.807) is 18.3 Å². The topological polar surface area (TPSA) is 39.1 Å². The van der Waals surface area contributed by atoms with E-state index < -0.39 is 0 Å². The van der Waals surface area contributed by atoms with Gasteiger partial charge in [-0.1, -0.05) is 42.5 Å². The fourth-order valence-electron chi connectivity index (χ4n) is 3.33. The van der Waals surface area contributed by atoms with Crippen molar-refractivity contribution in [1.82, 2.24) is 15.1 Å². The average Bonchev–Trinajstić information content (AvgIpc) is 3.19. The summed E-state index contributed by atoms with van der Waals surface area (Å²) in [7, 11) is 0. The number of nitrogens with one attached hydrogen (secondary N) is 1. The number of nitrogens with zero attached hydrogens (tertiary/aromatic N) is 2. The zero-order valence-corrected chi connectivity index (χ0v) is 14.6. The van der Waals surface area contributed by atoms with Gasteiger partial charge in [0.15, 0.2) is 11.6 Å². The van der Waals surface area contributed by atoms with Crippen LogP contribution < -0.4 is 10.1 Å². The Bertz CT molecular complexity index is 857. The Kier molecular flexibility index (Phi) is 4.97. The molecule has 0 atom stereocenters. The SMILES string of the molecule is Fc1c(OCc2ccccc2)cccc1-c1cnn(C2CCNCC2)c1. The van der Waals surface area contributed by atoms with Crippen LogP contribution in [0.25, 0.3) is 11.1 Å². The largest absolute Gasteiger partial charge is 0.486 e. The van der Waals surface area contributed by atoms with E-state index in [-0.39, 0.29) is 11.6 Å². The molecule has 2 heterocycles. The molecule has 4 rings (SSSR count). The highest BCUT2D eigenvalue weighted by atomic mass is 19.1. The maximum absolute atomic E-state index is 14.9. The van der Waals surface area contributed by atoms with Crippen molar-refractivity contribution >= 4 is 0 Å². The minimum Gasteiger partial charge on any atom is -0.486 e. The maximum Gasteiger partial charge on any atom is 0.172 e. The third-order valence-electron chi connectivity index (χ3n) is 4.80. The predicted molar refractivity (Wildman–Crippen MR) is 99.5 cm³/mol. The van der Waals surface area contributed by atoms with Crippen molar-refractivity contribution in [3.63, 3.8) is 0 Å². The molecular formula is C21H22FN3O. The van der Waals surface area contributed by atoms with Gasteiger partial charge < -0.3 is 10.1 Å².